The van der Waals surface area contributed by atoms with E-state index in [1.165, 1.54) is 0 Å². The van der Waals surface area contributed by atoms with Crippen LogP contribution in [0.5, 0.6) is 0 Å². The zero-order valence-electron chi connectivity index (χ0n) is 8.19. The van der Waals surface area contributed by atoms with Crippen molar-refractivity contribution in [2.75, 3.05) is 0 Å². The van der Waals surface area contributed by atoms with Crippen molar-refractivity contribution in [3.63, 3.8) is 0 Å². The number of carbonyl (C=O) groups is 1. The highest BCUT2D eigenvalue weighted by Gasteiger charge is 2.18. The molecule has 0 radical (unpaired) electrons. The summed E-state index contributed by atoms with van der Waals surface area (Å²) in [5.41, 5.74) is -0.876. The number of nitro benzene ring substituents is 1. The van der Waals surface area contributed by atoms with Crippen molar-refractivity contribution in [1.82, 2.24) is 0 Å². The van der Waals surface area contributed by atoms with Crippen LogP contribution in [0.3, 0.4) is 0 Å². The quantitative estimate of drug-likeness (QED) is 0.461. The fourth-order valence-corrected chi connectivity index (χ4v) is 1.67. The number of benzene rings is 1. The summed E-state index contributed by atoms with van der Waals surface area (Å²) in [4.78, 5) is 19.3. The van der Waals surface area contributed by atoms with Crippen molar-refractivity contribution in [2.45, 2.75) is 11.3 Å². The molecule has 0 spiro atoms. The first-order chi connectivity index (χ1) is 7.71. The third-order valence-corrected chi connectivity index (χ3v) is 2.72. The van der Waals surface area contributed by atoms with Gasteiger partial charge < -0.3 is 9.66 Å². The van der Waals surface area contributed by atoms with Crippen LogP contribution < -0.4 is 0 Å². The Kier molecular flexibility index (Phi) is 3.44. The van der Waals surface area contributed by atoms with Gasteiger partial charge in [0.1, 0.15) is 10.1 Å². The van der Waals surface area contributed by atoms with E-state index < -0.39 is 38.0 Å². The third-order valence-electron chi connectivity index (χ3n) is 1.88. The molecular weight excluding hydrogens is 254 g/mol. The summed E-state index contributed by atoms with van der Waals surface area (Å²) in [6.07, 6.45) is -0.629. The lowest BCUT2D eigenvalue weighted by Crippen LogP contribution is -2.06. The number of carboxylic acid groups (broad SMARTS) is 1. The molecule has 0 atom stereocenters. The molecule has 0 unspecified atom stereocenters. The highest BCUT2D eigenvalue weighted by Crippen LogP contribution is 2.23. The van der Waals surface area contributed by atoms with Gasteiger partial charge in [-0.2, -0.15) is 0 Å². The highest BCUT2D eigenvalue weighted by molar-refractivity contribution is 7.85. The molecule has 0 fully saturated rings. The van der Waals surface area contributed by atoms with E-state index in [1.807, 2.05) is 0 Å². The van der Waals surface area contributed by atoms with Gasteiger partial charge in [-0.25, -0.2) is 8.42 Å². The van der Waals surface area contributed by atoms with Gasteiger partial charge in [-0.15, -0.1) is 0 Å². The van der Waals surface area contributed by atoms with Gasteiger partial charge in [-0.1, -0.05) is 6.07 Å². The Labute approximate surface area is 95.4 Å². The van der Waals surface area contributed by atoms with Crippen LogP contribution in [-0.4, -0.2) is 29.0 Å². The van der Waals surface area contributed by atoms with Gasteiger partial charge in [-0.05, 0) is 6.07 Å². The largest absolute Gasteiger partial charge is 0.744 e. The third kappa shape index (κ3) is 3.23. The second-order valence-corrected chi connectivity index (χ2v) is 4.45. The highest BCUT2D eigenvalue weighted by atomic mass is 32.2. The molecule has 0 amide bonds. The molecule has 0 saturated heterocycles. The van der Waals surface area contributed by atoms with Crippen LogP contribution in [0, 0.1) is 10.1 Å². The second kappa shape index (κ2) is 4.47. The maximum absolute atomic E-state index is 10.6. The van der Waals surface area contributed by atoms with Crippen molar-refractivity contribution in [2.24, 2.45) is 0 Å². The molecule has 0 aliphatic carbocycles. The monoisotopic (exact) mass is 260 g/mol. The predicted octanol–water partition coefficient (Wildman–Crippen LogP) is 0.126. The van der Waals surface area contributed by atoms with E-state index >= 15 is 0 Å². The zero-order valence-corrected chi connectivity index (χ0v) is 9.01. The number of rotatable bonds is 4. The van der Waals surface area contributed by atoms with E-state index in [1.54, 1.807) is 0 Å². The fraction of sp³-hybridized carbons (Fsp3) is 0.125. The van der Waals surface area contributed by atoms with E-state index in [0.29, 0.717) is 6.07 Å². The van der Waals surface area contributed by atoms with Crippen molar-refractivity contribution < 1.29 is 27.8 Å². The van der Waals surface area contributed by atoms with E-state index in [2.05, 4.69) is 0 Å². The average molecular weight is 260 g/mol. The molecule has 17 heavy (non-hydrogen) atoms. The van der Waals surface area contributed by atoms with Crippen LogP contribution in [0.25, 0.3) is 0 Å². The van der Waals surface area contributed by atoms with Crippen LogP contribution in [0.1, 0.15) is 5.56 Å². The number of nitro groups is 1. The minimum absolute atomic E-state index is 0.171. The first-order valence-electron chi connectivity index (χ1n) is 4.17. The van der Waals surface area contributed by atoms with Gasteiger partial charge >= 0.3 is 5.97 Å². The van der Waals surface area contributed by atoms with Crippen LogP contribution in [0.15, 0.2) is 23.1 Å². The van der Waals surface area contributed by atoms with Crippen LogP contribution in [-0.2, 0) is 21.3 Å². The maximum atomic E-state index is 10.6. The van der Waals surface area contributed by atoms with Crippen molar-refractivity contribution in [1.29, 1.82) is 0 Å². The molecule has 1 aromatic rings. The molecule has 0 saturated carbocycles. The molecule has 0 bridgehead atoms. The van der Waals surface area contributed by atoms with Gasteiger partial charge in [0, 0.05) is 11.6 Å². The minimum Gasteiger partial charge on any atom is -0.744 e. The molecule has 0 heterocycles. The normalized spacial score (nSPS) is 11.1. The van der Waals surface area contributed by atoms with Crippen LogP contribution >= 0.6 is 0 Å². The summed E-state index contributed by atoms with van der Waals surface area (Å²) in [5, 5.41) is 19.1. The Morgan fingerprint density at radius 2 is 2.00 bits per heavy atom. The molecule has 1 aromatic carbocycles. The molecule has 0 aliphatic rings. The molecule has 92 valence electrons. The van der Waals surface area contributed by atoms with Gasteiger partial charge in [0.2, 0.25) is 0 Å². The lowest BCUT2D eigenvalue weighted by molar-refractivity contribution is -0.385. The first kappa shape index (κ1) is 13.1. The minimum atomic E-state index is -4.81. The SMILES string of the molecule is O=C(O)Cc1ccc(S(=O)(=O)[O-])cc1[N+](=O)[O-]. The standard InChI is InChI=1S/C8H7NO7S/c10-8(11)3-5-1-2-6(17(14,15)16)4-7(5)9(12)13/h1-2,4H,3H2,(H,10,11)(H,14,15,16)/p-1. The number of carboxylic acids is 1. The average Bonchev–Trinajstić information content (AvgIpc) is 2.15. The Morgan fingerprint density at radius 1 is 1.41 bits per heavy atom. The molecule has 1 N–H and O–H groups in total. The second-order valence-electron chi connectivity index (χ2n) is 3.07. The number of nitrogens with zero attached hydrogens (tertiary/aromatic N) is 1. The van der Waals surface area contributed by atoms with Crippen molar-refractivity contribution in [3.05, 3.63) is 33.9 Å². The van der Waals surface area contributed by atoms with E-state index in [-0.39, 0.29) is 5.56 Å². The first-order valence-corrected chi connectivity index (χ1v) is 5.57. The van der Waals surface area contributed by atoms with Gasteiger partial charge in [0.25, 0.3) is 5.69 Å². The summed E-state index contributed by atoms with van der Waals surface area (Å²) in [5.74, 6) is -1.30. The van der Waals surface area contributed by atoms with Crippen LogP contribution in [0.2, 0.25) is 0 Å². The van der Waals surface area contributed by atoms with Gasteiger partial charge in [0.05, 0.1) is 16.2 Å². The Hall–Kier alpha value is -2.00. The van der Waals surface area contributed by atoms with Gasteiger partial charge in [-0.3, -0.25) is 14.9 Å². The predicted molar refractivity (Wildman–Crippen MR) is 52.4 cm³/mol. The molecule has 9 heteroatoms. The lowest BCUT2D eigenvalue weighted by Gasteiger charge is -2.07. The summed E-state index contributed by atoms with van der Waals surface area (Å²) in [6.45, 7) is 0. The molecule has 0 aliphatic heterocycles. The maximum Gasteiger partial charge on any atom is 0.308 e. The lowest BCUT2D eigenvalue weighted by atomic mass is 10.1. The molecule has 8 nitrogen and oxygen atoms in total. The fourth-order valence-electron chi connectivity index (χ4n) is 1.18. The number of hydrogen-bond acceptors (Lipinski definition) is 6. The number of hydrogen-bond donors (Lipinski definition) is 1. The summed E-state index contributed by atoms with van der Waals surface area (Å²) in [7, 11) is -4.81. The Balaban J connectivity index is 3.37. The molecule has 0 aromatic heterocycles. The zero-order chi connectivity index (χ0) is 13.2. The van der Waals surface area contributed by atoms with Crippen molar-refractivity contribution >= 4 is 21.8 Å². The Morgan fingerprint density at radius 3 is 2.41 bits per heavy atom. The van der Waals surface area contributed by atoms with E-state index in [9.17, 15) is 27.9 Å². The van der Waals surface area contributed by atoms with Crippen molar-refractivity contribution in [3.8, 4) is 0 Å². The summed E-state index contributed by atoms with van der Waals surface area (Å²) >= 11 is 0. The van der Waals surface area contributed by atoms with Crippen LogP contribution in [0.4, 0.5) is 5.69 Å². The van der Waals surface area contributed by atoms with E-state index in [4.69, 9.17) is 5.11 Å². The summed E-state index contributed by atoms with van der Waals surface area (Å²) < 4.78 is 31.9. The molecule has 1 rings (SSSR count). The smallest absolute Gasteiger partial charge is 0.308 e. The summed E-state index contributed by atoms with van der Waals surface area (Å²) in [6, 6.07) is 2.34. The number of aliphatic carboxylic acids is 1. The Bertz CT molecular complexity index is 578. The van der Waals surface area contributed by atoms with Gasteiger partial charge in [0.15, 0.2) is 0 Å². The van der Waals surface area contributed by atoms with E-state index in [0.717, 1.165) is 12.1 Å². The topological polar surface area (TPSA) is 138 Å². The molecular formula is C8H6NO7S-.